The Labute approximate surface area is 126 Å². The number of nitrogens with zero attached hydrogens (tertiary/aromatic N) is 2. The van der Waals surface area contributed by atoms with E-state index in [1.165, 1.54) is 45.1 Å². The van der Waals surface area contributed by atoms with Crippen molar-refractivity contribution in [3.8, 4) is 0 Å². The quantitative estimate of drug-likeness (QED) is 0.926. The first kappa shape index (κ1) is 14.6. The number of piperidine rings is 1. The standard InChI is InChI=1S/C17H27N3O/c18-15-8-9-17(21)20(13-15)12-4-11-19-10-3-6-14-5-1-2-7-16(14)19/h8-9,13-14,16H,1-7,10-12,18H2. The summed E-state index contributed by atoms with van der Waals surface area (Å²) in [5.41, 5.74) is 6.48. The second-order valence-electron chi connectivity index (χ2n) is 6.64. The Kier molecular flexibility index (Phi) is 4.63. The number of anilines is 1. The van der Waals surface area contributed by atoms with Crippen LogP contribution in [0, 0.1) is 5.92 Å². The fourth-order valence-corrected chi connectivity index (χ4v) is 4.17. The van der Waals surface area contributed by atoms with Crippen molar-refractivity contribution in [3.05, 3.63) is 28.7 Å². The van der Waals surface area contributed by atoms with Gasteiger partial charge >= 0.3 is 0 Å². The molecule has 0 aromatic carbocycles. The van der Waals surface area contributed by atoms with Gasteiger partial charge in [-0.05, 0) is 50.6 Å². The van der Waals surface area contributed by atoms with Crippen LogP contribution >= 0.6 is 0 Å². The van der Waals surface area contributed by atoms with E-state index in [1.807, 2.05) is 0 Å². The summed E-state index contributed by atoms with van der Waals surface area (Å²) in [5.74, 6) is 0.933. The second-order valence-corrected chi connectivity index (χ2v) is 6.64. The molecule has 2 heterocycles. The second kappa shape index (κ2) is 6.65. The Morgan fingerprint density at radius 1 is 1.10 bits per heavy atom. The Morgan fingerprint density at radius 3 is 2.81 bits per heavy atom. The highest BCUT2D eigenvalue weighted by atomic mass is 16.1. The van der Waals surface area contributed by atoms with Gasteiger partial charge in [-0.25, -0.2) is 0 Å². The molecule has 2 fully saturated rings. The average molecular weight is 289 g/mol. The van der Waals surface area contributed by atoms with Crippen LogP contribution in [0.15, 0.2) is 23.1 Å². The van der Waals surface area contributed by atoms with Crippen LogP contribution in [0.4, 0.5) is 5.69 Å². The van der Waals surface area contributed by atoms with Crippen molar-refractivity contribution >= 4 is 5.69 Å². The van der Waals surface area contributed by atoms with E-state index >= 15 is 0 Å². The molecule has 4 nitrogen and oxygen atoms in total. The molecule has 1 saturated heterocycles. The third-order valence-corrected chi connectivity index (χ3v) is 5.21. The van der Waals surface area contributed by atoms with Crippen LogP contribution in [0.2, 0.25) is 0 Å². The van der Waals surface area contributed by atoms with Gasteiger partial charge in [-0.3, -0.25) is 4.79 Å². The summed E-state index contributed by atoms with van der Waals surface area (Å²) >= 11 is 0. The molecule has 116 valence electrons. The zero-order valence-electron chi connectivity index (χ0n) is 12.8. The predicted octanol–water partition coefficient (Wildman–Crippen LogP) is 2.48. The van der Waals surface area contributed by atoms with Crippen molar-refractivity contribution in [2.24, 2.45) is 5.92 Å². The van der Waals surface area contributed by atoms with Crippen molar-refractivity contribution in [1.82, 2.24) is 9.47 Å². The number of likely N-dealkylation sites (tertiary alicyclic amines) is 1. The molecule has 1 saturated carbocycles. The van der Waals surface area contributed by atoms with Crippen molar-refractivity contribution in [3.63, 3.8) is 0 Å². The highest BCUT2D eigenvalue weighted by Crippen LogP contribution is 2.35. The van der Waals surface area contributed by atoms with E-state index in [0.29, 0.717) is 5.69 Å². The van der Waals surface area contributed by atoms with Crippen LogP contribution < -0.4 is 11.3 Å². The van der Waals surface area contributed by atoms with E-state index in [9.17, 15) is 4.79 Å². The highest BCUT2D eigenvalue weighted by Gasteiger charge is 2.32. The van der Waals surface area contributed by atoms with Gasteiger partial charge in [0, 0.05) is 37.1 Å². The molecular weight excluding hydrogens is 262 g/mol. The topological polar surface area (TPSA) is 51.3 Å². The molecule has 2 unspecified atom stereocenters. The average Bonchev–Trinajstić information content (AvgIpc) is 2.51. The fourth-order valence-electron chi connectivity index (χ4n) is 4.17. The Bertz CT molecular complexity index is 523. The van der Waals surface area contributed by atoms with Gasteiger partial charge in [0.05, 0.1) is 0 Å². The molecular formula is C17H27N3O. The molecule has 1 aromatic heterocycles. The molecule has 2 atom stereocenters. The van der Waals surface area contributed by atoms with E-state index in [-0.39, 0.29) is 5.56 Å². The van der Waals surface area contributed by atoms with Crippen molar-refractivity contribution in [2.45, 2.75) is 57.5 Å². The van der Waals surface area contributed by atoms with E-state index in [2.05, 4.69) is 4.90 Å². The molecule has 0 radical (unpaired) electrons. The molecule has 1 aromatic rings. The smallest absolute Gasteiger partial charge is 0.250 e. The zero-order valence-corrected chi connectivity index (χ0v) is 12.8. The molecule has 0 bridgehead atoms. The molecule has 0 amide bonds. The maximum Gasteiger partial charge on any atom is 0.250 e. The first-order valence-electron chi connectivity index (χ1n) is 8.44. The Balaban J connectivity index is 1.54. The first-order chi connectivity index (χ1) is 10.2. The molecule has 4 heteroatoms. The van der Waals surface area contributed by atoms with Gasteiger partial charge in [0.1, 0.15) is 0 Å². The van der Waals surface area contributed by atoms with Gasteiger partial charge in [0.2, 0.25) is 0 Å². The summed E-state index contributed by atoms with van der Waals surface area (Å²) in [6.45, 7) is 3.13. The number of hydrogen-bond donors (Lipinski definition) is 1. The van der Waals surface area contributed by atoms with Crippen LogP contribution in [0.3, 0.4) is 0 Å². The summed E-state index contributed by atoms with van der Waals surface area (Å²) in [6.07, 6.45) is 11.2. The number of nitrogen functional groups attached to an aromatic ring is 1. The van der Waals surface area contributed by atoms with Gasteiger partial charge in [0.15, 0.2) is 0 Å². The lowest BCUT2D eigenvalue weighted by atomic mass is 9.78. The molecule has 2 N–H and O–H groups in total. The fraction of sp³-hybridized carbons (Fsp3) is 0.706. The number of pyridine rings is 1. The van der Waals surface area contributed by atoms with Gasteiger partial charge in [0.25, 0.3) is 5.56 Å². The summed E-state index contributed by atoms with van der Waals surface area (Å²) in [4.78, 5) is 14.5. The third kappa shape index (κ3) is 3.49. The van der Waals surface area contributed by atoms with Crippen LogP contribution in [0.5, 0.6) is 0 Å². The Morgan fingerprint density at radius 2 is 1.90 bits per heavy atom. The largest absolute Gasteiger partial charge is 0.398 e. The lowest BCUT2D eigenvalue weighted by Gasteiger charge is -2.44. The molecule has 1 aliphatic carbocycles. The maximum atomic E-state index is 11.8. The minimum atomic E-state index is 0.0541. The number of aryl methyl sites for hydroxylation is 1. The minimum Gasteiger partial charge on any atom is -0.398 e. The SMILES string of the molecule is Nc1ccc(=O)n(CCCN2CCCC3CCCCC32)c1. The lowest BCUT2D eigenvalue weighted by molar-refractivity contribution is 0.0591. The molecule has 2 aliphatic rings. The zero-order chi connectivity index (χ0) is 14.7. The number of aromatic nitrogens is 1. The van der Waals surface area contributed by atoms with Crippen molar-refractivity contribution in [2.75, 3.05) is 18.8 Å². The first-order valence-corrected chi connectivity index (χ1v) is 8.44. The minimum absolute atomic E-state index is 0.0541. The monoisotopic (exact) mass is 289 g/mol. The maximum absolute atomic E-state index is 11.8. The number of nitrogens with two attached hydrogens (primary N) is 1. The number of fused-ring (bicyclic) bond motifs is 1. The van der Waals surface area contributed by atoms with E-state index < -0.39 is 0 Å². The van der Waals surface area contributed by atoms with Crippen molar-refractivity contribution in [1.29, 1.82) is 0 Å². The number of hydrogen-bond acceptors (Lipinski definition) is 3. The summed E-state index contributed by atoms with van der Waals surface area (Å²) in [6, 6.07) is 4.05. The summed E-state index contributed by atoms with van der Waals surface area (Å²) < 4.78 is 1.75. The number of rotatable bonds is 4. The van der Waals surface area contributed by atoms with Crippen LogP contribution in [0.1, 0.15) is 44.9 Å². The molecule has 3 rings (SSSR count). The van der Waals surface area contributed by atoms with E-state index in [1.54, 1.807) is 22.9 Å². The summed E-state index contributed by atoms with van der Waals surface area (Å²) in [5, 5.41) is 0. The normalized spacial score (nSPS) is 26.5. The van der Waals surface area contributed by atoms with Gasteiger partial charge in [-0.15, -0.1) is 0 Å². The van der Waals surface area contributed by atoms with Crippen LogP contribution in [0.25, 0.3) is 0 Å². The highest BCUT2D eigenvalue weighted by molar-refractivity contribution is 5.33. The van der Waals surface area contributed by atoms with Crippen LogP contribution in [-0.2, 0) is 6.54 Å². The predicted molar refractivity (Wildman–Crippen MR) is 86.3 cm³/mol. The van der Waals surface area contributed by atoms with E-state index in [4.69, 9.17) is 5.73 Å². The molecule has 21 heavy (non-hydrogen) atoms. The van der Waals surface area contributed by atoms with E-state index in [0.717, 1.165) is 31.5 Å². The molecule has 1 aliphatic heterocycles. The van der Waals surface area contributed by atoms with Gasteiger partial charge < -0.3 is 15.2 Å². The Hall–Kier alpha value is -1.29. The van der Waals surface area contributed by atoms with Gasteiger partial charge in [-0.2, -0.15) is 0 Å². The summed E-state index contributed by atoms with van der Waals surface area (Å²) in [7, 11) is 0. The van der Waals surface area contributed by atoms with Gasteiger partial charge in [-0.1, -0.05) is 12.8 Å². The lowest BCUT2D eigenvalue weighted by Crippen LogP contribution is -2.47. The molecule has 0 spiro atoms. The van der Waals surface area contributed by atoms with Crippen molar-refractivity contribution < 1.29 is 0 Å². The third-order valence-electron chi connectivity index (χ3n) is 5.21. The van der Waals surface area contributed by atoms with Crippen LogP contribution in [-0.4, -0.2) is 28.6 Å².